The molecule has 6 nitrogen and oxygen atoms in total. The van der Waals surface area contributed by atoms with E-state index in [1.807, 2.05) is 36.4 Å². The number of anilines is 6. The lowest BCUT2D eigenvalue weighted by Crippen LogP contribution is -2.09. The maximum Gasteiger partial charge on any atom is 0.159 e. The number of hydrogen-bond acceptors (Lipinski definition) is 6. The fourth-order valence-electron chi connectivity index (χ4n) is 9.87. The molecule has 0 aliphatic carbocycles. The maximum absolute atomic E-state index is 6.71. The van der Waals surface area contributed by atoms with Crippen LogP contribution in [-0.4, -0.2) is 0 Å². The third kappa shape index (κ3) is 5.20. The largest absolute Gasteiger partial charge is 0.456 e. The zero-order valence-corrected chi connectivity index (χ0v) is 34.2. The van der Waals surface area contributed by atoms with E-state index in [2.05, 4.69) is 180 Å². The summed E-state index contributed by atoms with van der Waals surface area (Å²) in [5.41, 5.74) is 12.6. The lowest BCUT2D eigenvalue weighted by atomic mass is 10.0. The Hall–Kier alpha value is -8.74. The summed E-state index contributed by atoms with van der Waals surface area (Å²) in [6.07, 6.45) is 0. The van der Waals surface area contributed by atoms with Crippen molar-refractivity contribution in [2.24, 2.45) is 0 Å². The van der Waals surface area contributed by atoms with Gasteiger partial charge in [0.15, 0.2) is 11.2 Å². The molecular formula is C58H34N2O4. The van der Waals surface area contributed by atoms with Crippen molar-refractivity contribution in [3.8, 4) is 0 Å². The summed E-state index contributed by atoms with van der Waals surface area (Å²) in [6.45, 7) is 0. The van der Waals surface area contributed by atoms with Gasteiger partial charge in [-0.25, -0.2) is 0 Å². The predicted molar refractivity (Wildman–Crippen MR) is 262 cm³/mol. The highest BCUT2D eigenvalue weighted by Crippen LogP contribution is 2.46. The number of nitrogens with zero attached hydrogens (tertiary/aromatic N) is 2. The van der Waals surface area contributed by atoms with Crippen LogP contribution in [0.3, 0.4) is 0 Å². The van der Waals surface area contributed by atoms with E-state index in [0.29, 0.717) is 0 Å². The Bertz CT molecular complexity index is 3890. The van der Waals surface area contributed by atoms with Gasteiger partial charge in [0.2, 0.25) is 0 Å². The number of fused-ring (bicyclic) bond motifs is 13. The van der Waals surface area contributed by atoms with Gasteiger partial charge in [0, 0.05) is 66.6 Å². The Kier molecular flexibility index (Phi) is 7.30. The molecule has 0 atom stereocenters. The predicted octanol–water partition coefficient (Wildman–Crippen LogP) is 17.4. The summed E-state index contributed by atoms with van der Waals surface area (Å²) in [6, 6.07) is 71.7. The van der Waals surface area contributed by atoms with Gasteiger partial charge in [0.05, 0.1) is 22.7 Å². The molecule has 0 saturated heterocycles. The van der Waals surface area contributed by atoms with E-state index in [9.17, 15) is 0 Å². The monoisotopic (exact) mass is 822 g/mol. The van der Waals surface area contributed by atoms with Gasteiger partial charge in [-0.15, -0.1) is 0 Å². The maximum atomic E-state index is 6.71. The van der Waals surface area contributed by atoms with Gasteiger partial charge in [-0.05, 0) is 108 Å². The van der Waals surface area contributed by atoms with Crippen LogP contribution in [0.4, 0.5) is 34.1 Å². The average molecular weight is 823 g/mol. The molecule has 0 fully saturated rings. The Morgan fingerprint density at radius 2 is 0.625 bits per heavy atom. The minimum absolute atomic E-state index is 0.809. The molecule has 0 bridgehead atoms. The highest BCUT2D eigenvalue weighted by Gasteiger charge is 2.23. The van der Waals surface area contributed by atoms with E-state index in [1.165, 1.54) is 0 Å². The third-order valence-electron chi connectivity index (χ3n) is 12.8. The Labute approximate surface area is 364 Å². The highest BCUT2D eigenvalue weighted by atomic mass is 16.3. The van der Waals surface area contributed by atoms with Gasteiger partial charge in [0.25, 0.3) is 0 Å². The normalized spacial score (nSPS) is 12.1. The minimum atomic E-state index is 0.809. The summed E-state index contributed by atoms with van der Waals surface area (Å²) in [5, 5.41) is 10.7. The second kappa shape index (κ2) is 13.4. The molecule has 4 heterocycles. The quantitative estimate of drug-likeness (QED) is 0.166. The molecule has 300 valence electrons. The highest BCUT2D eigenvalue weighted by molar-refractivity contribution is 6.17. The molecule has 10 aromatic carbocycles. The lowest BCUT2D eigenvalue weighted by molar-refractivity contribution is 0.667. The molecule has 0 aliphatic rings. The standard InChI is InChI=1S/C58H34N2O4/c1-3-13-37(14-4-1)59(49-21-11-19-45-41-17-7-9-23-51(41)63-57(45)49)39-25-27-43-47-29-35-30-48-44-28-26-40(34-56(44)62-54(48)32-36(35)31-53(47)61-55(43)33-39)60(38-15-5-2-6-16-38)50-22-12-20-46-42-18-8-10-24-52(42)64-58(46)50/h1-34H. The van der Waals surface area contributed by atoms with Gasteiger partial charge in [-0.1, -0.05) is 97.1 Å². The van der Waals surface area contributed by atoms with Gasteiger partial charge in [-0.2, -0.15) is 0 Å². The first-order valence-electron chi connectivity index (χ1n) is 21.5. The molecule has 0 amide bonds. The van der Waals surface area contributed by atoms with Crippen molar-refractivity contribution in [1.82, 2.24) is 0 Å². The molecular weight excluding hydrogens is 789 g/mol. The Balaban J connectivity index is 0.884. The first kappa shape index (κ1) is 34.9. The molecule has 6 heteroatoms. The van der Waals surface area contributed by atoms with Crippen LogP contribution in [0.1, 0.15) is 0 Å². The molecule has 14 rings (SSSR count). The Morgan fingerprint density at radius 3 is 1.11 bits per heavy atom. The van der Waals surface area contributed by atoms with Crippen molar-refractivity contribution >= 4 is 133 Å². The van der Waals surface area contributed by atoms with Crippen molar-refractivity contribution in [3.63, 3.8) is 0 Å². The van der Waals surface area contributed by atoms with Gasteiger partial charge in [0.1, 0.15) is 33.5 Å². The SMILES string of the molecule is c1ccc(N(c2ccc3c(c2)oc2cc4cc5oc6cc(N(c7ccccc7)c7cccc8c7oc7ccccc78)ccc6c5cc4cc23)c2cccc3c2oc2ccccc23)cc1. The van der Waals surface area contributed by atoms with E-state index in [4.69, 9.17) is 17.7 Å². The average Bonchev–Trinajstić information content (AvgIpc) is 4.11. The van der Waals surface area contributed by atoms with E-state index < -0.39 is 0 Å². The molecule has 64 heavy (non-hydrogen) atoms. The van der Waals surface area contributed by atoms with Gasteiger partial charge in [-0.3, -0.25) is 0 Å². The Morgan fingerprint density at radius 1 is 0.234 bits per heavy atom. The third-order valence-corrected chi connectivity index (χ3v) is 12.8. The van der Waals surface area contributed by atoms with E-state index in [0.717, 1.165) is 133 Å². The van der Waals surface area contributed by atoms with Crippen LogP contribution in [0, 0.1) is 0 Å². The summed E-state index contributed by atoms with van der Waals surface area (Å²) in [7, 11) is 0. The van der Waals surface area contributed by atoms with E-state index in [1.54, 1.807) is 0 Å². The van der Waals surface area contributed by atoms with Gasteiger partial charge >= 0.3 is 0 Å². The molecule has 0 spiro atoms. The smallest absolute Gasteiger partial charge is 0.159 e. The van der Waals surface area contributed by atoms with E-state index >= 15 is 0 Å². The van der Waals surface area contributed by atoms with Crippen molar-refractivity contribution in [3.05, 3.63) is 206 Å². The number of para-hydroxylation sites is 6. The summed E-state index contributed by atoms with van der Waals surface area (Å²) >= 11 is 0. The molecule has 0 aliphatic heterocycles. The summed E-state index contributed by atoms with van der Waals surface area (Å²) < 4.78 is 26.5. The second-order valence-corrected chi connectivity index (χ2v) is 16.5. The van der Waals surface area contributed by atoms with Crippen LogP contribution < -0.4 is 9.80 Å². The zero-order valence-electron chi connectivity index (χ0n) is 34.2. The molecule has 0 radical (unpaired) electrons. The second-order valence-electron chi connectivity index (χ2n) is 16.5. The van der Waals surface area contributed by atoms with Crippen LogP contribution >= 0.6 is 0 Å². The van der Waals surface area contributed by atoms with Crippen LogP contribution in [0.2, 0.25) is 0 Å². The first-order chi connectivity index (χ1) is 31.7. The fourth-order valence-corrected chi connectivity index (χ4v) is 9.87. The van der Waals surface area contributed by atoms with Crippen molar-refractivity contribution in [2.45, 2.75) is 0 Å². The van der Waals surface area contributed by atoms with Crippen LogP contribution in [0.5, 0.6) is 0 Å². The van der Waals surface area contributed by atoms with Crippen molar-refractivity contribution in [1.29, 1.82) is 0 Å². The molecule has 0 N–H and O–H groups in total. The van der Waals surface area contributed by atoms with Crippen molar-refractivity contribution in [2.75, 3.05) is 9.80 Å². The lowest BCUT2D eigenvalue weighted by Gasteiger charge is -2.25. The van der Waals surface area contributed by atoms with Gasteiger partial charge < -0.3 is 27.5 Å². The van der Waals surface area contributed by atoms with E-state index in [-0.39, 0.29) is 0 Å². The number of hydrogen-bond donors (Lipinski definition) is 0. The topological polar surface area (TPSA) is 59.0 Å². The van der Waals surface area contributed by atoms with Crippen molar-refractivity contribution < 1.29 is 17.7 Å². The molecule has 4 aromatic heterocycles. The minimum Gasteiger partial charge on any atom is -0.456 e. The molecule has 0 unspecified atom stereocenters. The van der Waals surface area contributed by atoms with Crippen LogP contribution in [0.25, 0.3) is 98.5 Å². The number of benzene rings is 10. The van der Waals surface area contributed by atoms with Crippen LogP contribution in [0.15, 0.2) is 224 Å². The summed E-state index contributed by atoms with van der Waals surface area (Å²) in [5.74, 6) is 0. The summed E-state index contributed by atoms with van der Waals surface area (Å²) in [4.78, 5) is 4.49. The molecule has 14 aromatic rings. The zero-order chi connectivity index (χ0) is 41.9. The number of rotatable bonds is 6. The number of furan rings is 4. The molecule has 0 saturated carbocycles. The first-order valence-corrected chi connectivity index (χ1v) is 21.5. The fraction of sp³-hybridized carbons (Fsp3) is 0. The van der Waals surface area contributed by atoms with Crippen LogP contribution in [-0.2, 0) is 0 Å².